The number of pyridine rings is 2. The minimum absolute atomic E-state index is 0.211. The molecule has 1 atom stereocenters. The third kappa shape index (κ3) is 4.98. The molecule has 0 unspecified atom stereocenters. The highest BCUT2D eigenvalue weighted by Gasteiger charge is 2.33. The molecule has 2 amide bonds. The van der Waals surface area contributed by atoms with Crippen molar-refractivity contribution in [1.82, 2.24) is 14.9 Å². The molecule has 0 bridgehead atoms. The number of fused-ring (bicyclic) bond motifs is 1. The van der Waals surface area contributed by atoms with E-state index in [-0.39, 0.29) is 12.5 Å². The number of amides is 2. The van der Waals surface area contributed by atoms with Gasteiger partial charge in [0.15, 0.2) is 0 Å². The number of carbonyl (C=O) groups is 2. The first-order valence-electron chi connectivity index (χ1n) is 10.3. The second kappa shape index (κ2) is 9.58. The van der Waals surface area contributed by atoms with Crippen molar-refractivity contribution >= 4 is 50.7 Å². The van der Waals surface area contributed by atoms with Gasteiger partial charge in [-0.15, -0.1) is 0 Å². The molecule has 1 fully saturated rings. The lowest BCUT2D eigenvalue weighted by Crippen LogP contribution is -2.35. The maximum atomic E-state index is 12.7. The predicted molar refractivity (Wildman–Crippen MR) is 129 cm³/mol. The molecule has 0 radical (unpaired) electrons. The molecule has 1 aliphatic rings. The van der Waals surface area contributed by atoms with Gasteiger partial charge in [0.1, 0.15) is 6.10 Å². The second-order valence-corrected chi connectivity index (χ2v) is 8.58. The van der Waals surface area contributed by atoms with Gasteiger partial charge in [0.05, 0.1) is 31.2 Å². The number of methoxy groups -OCH3 is 1. The minimum atomic E-state index is -0.420. The van der Waals surface area contributed by atoms with Crippen LogP contribution in [0.1, 0.15) is 11.1 Å². The van der Waals surface area contributed by atoms with Gasteiger partial charge in [0, 0.05) is 41.1 Å². The normalized spacial score (nSPS) is 15.8. The van der Waals surface area contributed by atoms with Gasteiger partial charge in [-0.25, -0.2) is 9.78 Å². The number of cyclic esters (lactones) is 1. The van der Waals surface area contributed by atoms with Gasteiger partial charge in [-0.1, -0.05) is 15.9 Å². The van der Waals surface area contributed by atoms with Crippen LogP contribution in [0.15, 0.2) is 53.1 Å². The first-order valence-corrected chi connectivity index (χ1v) is 11.1. The molecule has 170 valence electrons. The summed E-state index contributed by atoms with van der Waals surface area (Å²) in [5.74, 6) is 0.263. The Morgan fingerprint density at radius 3 is 2.91 bits per heavy atom. The molecule has 0 aliphatic carbocycles. The number of nitrogens with zero attached hydrogens (tertiary/aromatic N) is 4. The molecule has 0 spiro atoms. The predicted octanol–water partition coefficient (Wildman–Crippen LogP) is 4.21. The van der Waals surface area contributed by atoms with Crippen LogP contribution in [0.25, 0.3) is 17.1 Å². The van der Waals surface area contributed by atoms with E-state index in [4.69, 9.17) is 9.47 Å². The summed E-state index contributed by atoms with van der Waals surface area (Å²) in [6.07, 6.45) is 4.01. The molecule has 1 aliphatic heterocycles. The monoisotopic (exact) mass is 510 g/mol. The van der Waals surface area contributed by atoms with E-state index in [1.807, 2.05) is 31.2 Å². The maximum Gasteiger partial charge on any atom is 0.414 e. The number of anilines is 1. The summed E-state index contributed by atoms with van der Waals surface area (Å²) in [5.41, 5.74) is 3.90. The summed E-state index contributed by atoms with van der Waals surface area (Å²) in [7, 11) is 3.23. The number of hydrogen-bond donors (Lipinski definition) is 0. The second-order valence-electron chi connectivity index (χ2n) is 7.72. The van der Waals surface area contributed by atoms with Gasteiger partial charge in [-0.3, -0.25) is 14.7 Å². The van der Waals surface area contributed by atoms with E-state index in [1.54, 1.807) is 43.5 Å². The van der Waals surface area contributed by atoms with E-state index in [1.165, 1.54) is 11.0 Å². The average Bonchev–Trinajstić information content (AvgIpc) is 3.18. The minimum Gasteiger partial charge on any atom is -0.481 e. The van der Waals surface area contributed by atoms with Crippen LogP contribution in [-0.2, 0) is 9.53 Å². The average molecular weight is 511 g/mol. The number of hydrogen-bond acceptors (Lipinski definition) is 6. The zero-order valence-electron chi connectivity index (χ0n) is 18.5. The summed E-state index contributed by atoms with van der Waals surface area (Å²) in [4.78, 5) is 36.9. The molecule has 9 heteroatoms. The van der Waals surface area contributed by atoms with Gasteiger partial charge in [-0.05, 0) is 48.9 Å². The smallest absolute Gasteiger partial charge is 0.414 e. The van der Waals surface area contributed by atoms with Crippen LogP contribution in [0, 0.1) is 6.92 Å². The molecular formula is C24H23BrN4O4. The number of rotatable bonds is 6. The van der Waals surface area contributed by atoms with Gasteiger partial charge >= 0.3 is 6.09 Å². The van der Waals surface area contributed by atoms with Gasteiger partial charge in [0.2, 0.25) is 11.8 Å². The van der Waals surface area contributed by atoms with Crippen LogP contribution in [0.3, 0.4) is 0 Å². The van der Waals surface area contributed by atoms with Crippen molar-refractivity contribution in [1.29, 1.82) is 0 Å². The Kier molecular flexibility index (Phi) is 6.60. The van der Waals surface area contributed by atoms with Gasteiger partial charge in [0.25, 0.3) is 0 Å². The van der Waals surface area contributed by atoms with E-state index in [0.29, 0.717) is 23.5 Å². The summed E-state index contributed by atoms with van der Waals surface area (Å²) in [5, 5.41) is 0. The molecule has 33 heavy (non-hydrogen) atoms. The number of benzene rings is 1. The Morgan fingerprint density at radius 2 is 2.15 bits per heavy atom. The molecule has 0 saturated carbocycles. The zero-order chi connectivity index (χ0) is 23.5. The van der Waals surface area contributed by atoms with E-state index < -0.39 is 12.2 Å². The fraction of sp³-hybridized carbons (Fsp3) is 0.250. The Morgan fingerprint density at radius 1 is 1.33 bits per heavy atom. The number of likely N-dealkylation sites (N-methyl/N-ethyl adjacent to an activating group) is 1. The van der Waals surface area contributed by atoms with Crippen molar-refractivity contribution < 1.29 is 19.1 Å². The fourth-order valence-corrected chi connectivity index (χ4v) is 3.83. The molecule has 3 heterocycles. The first-order chi connectivity index (χ1) is 15.9. The Balaban J connectivity index is 1.42. The summed E-state index contributed by atoms with van der Waals surface area (Å²) >= 11 is 3.47. The van der Waals surface area contributed by atoms with Crippen molar-refractivity contribution in [3.63, 3.8) is 0 Å². The number of ether oxygens (including phenoxy) is 2. The number of aryl methyl sites for hydroxylation is 1. The van der Waals surface area contributed by atoms with Crippen molar-refractivity contribution in [2.24, 2.45) is 0 Å². The highest BCUT2D eigenvalue weighted by molar-refractivity contribution is 9.10. The van der Waals surface area contributed by atoms with Gasteiger partial charge < -0.3 is 14.4 Å². The number of aromatic nitrogens is 2. The molecular weight excluding hydrogens is 488 g/mol. The van der Waals surface area contributed by atoms with Crippen LogP contribution >= 0.6 is 15.9 Å². The Labute approximate surface area is 200 Å². The summed E-state index contributed by atoms with van der Waals surface area (Å²) in [6.45, 7) is 2.62. The molecule has 2 aromatic heterocycles. The van der Waals surface area contributed by atoms with Crippen LogP contribution in [-0.4, -0.2) is 60.2 Å². The number of halogens is 1. The molecule has 4 rings (SSSR count). The zero-order valence-corrected chi connectivity index (χ0v) is 20.1. The maximum absolute atomic E-state index is 12.7. The summed E-state index contributed by atoms with van der Waals surface area (Å²) < 4.78 is 11.7. The van der Waals surface area contributed by atoms with Crippen molar-refractivity contribution in [2.45, 2.75) is 13.0 Å². The van der Waals surface area contributed by atoms with Crippen molar-refractivity contribution in [2.75, 3.05) is 32.1 Å². The SMILES string of the molecule is COc1ccc2nccc(/C=C/C(=O)N(C)C[C@H]3CN(c4ccc(Br)c(C)c4)C(=O)O3)c2n1. The number of carbonyl (C=O) groups excluding carboxylic acids is 2. The van der Waals surface area contributed by atoms with Crippen LogP contribution < -0.4 is 9.64 Å². The molecule has 1 aromatic carbocycles. The van der Waals surface area contributed by atoms with Crippen LogP contribution in [0.2, 0.25) is 0 Å². The lowest BCUT2D eigenvalue weighted by Gasteiger charge is -2.19. The van der Waals surface area contributed by atoms with E-state index in [9.17, 15) is 9.59 Å². The Hall–Kier alpha value is -3.46. The van der Waals surface area contributed by atoms with Crippen molar-refractivity contribution in [3.8, 4) is 5.88 Å². The fourth-order valence-electron chi connectivity index (χ4n) is 3.58. The lowest BCUT2D eigenvalue weighted by molar-refractivity contribution is -0.125. The molecule has 8 nitrogen and oxygen atoms in total. The third-order valence-electron chi connectivity index (χ3n) is 5.39. The lowest BCUT2D eigenvalue weighted by atomic mass is 10.2. The molecule has 1 saturated heterocycles. The molecule has 0 N–H and O–H groups in total. The van der Waals surface area contributed by atoms with Gasteiger partial charge in [-0.2, -0.15) is 0 Å². The van der Waals surface area contributed by atoms with E-state index in [2.05, 4.69) is 25.9 Å². The topological polar surface area (TPSA) is 84.9 Å². The van der Waals surface area contributed by atoms with Crippen molar-refractivity contribution in [3.05, 3.63) is 64.3 Å². The highest BCUT2D eigenvalue weighted by Crippen LogP contribution is 2.27. The van der Waals surface area contributed by atoms with Crippen LogP contribution in [0.4, 0.5) is 10.5 Å². The Bertz CT molecular complexity index is 1250. The quantitative estimate of drug-likeness (QED) is 0.462. The summed E-state index contributed by atoms with van der Waals surface area (Å²) in [6, 6.07) is 11.0. The largest absolute Gasteiger partial charge is 0.481 e. The highest BCUT2D eigenvalue weighted by atomic mass is 79.9. The standard InChI is InChI=1S/C24H23BrN4O4/c1-15-12-17(5-6-19(15)25)29-14-18(33-24(29)31)13-28(2)22(30)9-4-16-10-11-26-20-7-8-21(32-3)27-23(16)20/h4-12,18H,13-14H2,1-3H3/b9-4+/t18-/m0/s1. The molecule has 3 aromatic rings. The van der Waals surface area contributed by atoms with Crippen LogP contribution in [0.5, 0.6) is 5.88 Å². The first kappa shape index (κ1) is 22.7. The third-order valence-corrected chi connectivity index (χ3v) is 6.27. The van der Waals surface area contributed by atoms with E-state index >= 15 is 0 Å². The van der Waals surface area contributed by atoms with E-state index in [0.717, 1.165) is 21.3 Å².